The first-order chi connectivity index (χ1) is 9.87. The second-order valence-corrected chi connectivity index (χ2v) is 7.20. The van der Waals surface area contributed by atoms with Gasteiger partial charge in [-0.25, -0.2) is 8.42 Å². The van der Waals surface area contributed by atoms with Crippen LogP contribution in [-0.4, -0.2) is 14.3 Å². The maximum absolute atomic E-state index is 12.6. The molecule has 2 rings (SSSR count). The van der Waals surface area contributed by atoms with Crippen molar-refractivity contribution in [2.45, 2.75) is 24.3 Å². The molecule has 0 aliphatic rings. The number of aryl methyl sites for hydroxylation is 1. The molecule has 0 aliphatic heterocycles. The number of benzene rings is 2. The van der Waals surface area contributed by atoms with Crippen LogP contribution in [0.4, 0.5) is 0 Å². The normalized spacial score (nSPS) is 14.6. The molecule has 0 aliphatic carbocycles. The fourth-order valence-electron chi connectivity index (χ4n) is 2.11. The Hall–Kier alpha value is -1.36. The van der Waals surface area contributed by atoms with Crippen molar-refractivity contribution in [3.8, 4) is 0 Å². The van der Waals surface area contributed by atoms with Gasteiger partial charge in [0.05, 0.1) is 10.4 Å². The van der Waals surface area contributed by atoms with Crippen LogP contribution in [0.1, 0.15) is 18.1 Å². The third-order valence-corrected chi connectivity index (χ3v) is 5.47. The number of sulfonamides is 1. The maximum Gasteiger partial charge on any atom is 0.241 e. The molecule has 0 aromatic heterocycles. The van der Waals surface area contributed by atoms with E-state index in [-0.39, 0.29) is 10.8 Å². The van der Waals surface area contributed by atoms with E-state index in [0.29, 0.717) is 0 Å². The van der Waals surface area contributed by atoms with Crippen LogP contribution in [0, 0.1) is 6.92 Å². The van der Waals surface area contributed by atoms with Gasteiger partial charge in [-0.05, 0) is 37.1 Å². The molecule has 21 heavy (non-hydrogen) atoms. The fourth-order valence-corrected chi connectivity index (χ4v) is 3.91. The van der Waals surface area contributed by atoms with Crippen molar-refractivity contribution in [1.82, 2.24) is 4.72 Å². The highest BCUT2D eigenvalue weighted by atomic mass is 35.5. The van der Waals surface area contributed by atoms with Crippen molar-refractivity contribution in [1.29, 1.82) is 0 Å². The average Bonchev–Trinajstić information content (AvgIpc) is 2.47. The average molecular weight is 324 g/mol. The Balaban J connectivity index is 2.38. The third kappa shape index (κ3) is 3.64. The third-order valence-electron chi connectivity index (χ3n) is 3.34. The van der Waals surface area contributed by atoms with Gasteiger partial charge in [-0.1, -0.05) is 42.5 Å². The van der Waals surface area contributed by atoms with E-state index in [4.69, 9.17) is 11.6 Å². The molecule has 0 fully saturated rings. The van der Waals surface area contributed by atoms with Crippen molar-refractivity contribution in [2.75, 3.05) is 5.88 Å². The molecule has 0 saturated heterocycles. The van der Waals surface area contributed by atoms with E-state index < -0.39 is 15.6 Å². The van der Waals surface area contributed by atoms with Crippen LogP contribution >= 0.6 is 11.6 Å². The number of nitrogens with one attached hydrogen (secondary N) is 1. The maximum atomic E-state index is 12.6. The van der Waals surface area contributed by atoms with Gasteiger partial charge in [-0.3, -0.25) is 0 Å². The minimum atomic E-state index is -3.64. The Morgan fingerprint density at radius 3 is 2.33 bits per heavy atom. The van der Waals surface area contributed by atoms with E-state index in [2.05, 4.69) is 4.72 Å². The molecular weight excluding hydrogens is 306 g/mol. The topological polar surface area (TPSA) is 46.2 Å². The van der Waals surface area contributed by atoms with Crippen LogP contribution in [0.25, 0.3) is 0 Å². The first kappa shape index (κ1) is 16.0. The summed E-state index contributed by atoms with van der Waals surface area (Å²) in [5, 5.41) is 0. The summed E-state index contributed by atoms with van der Waals surface area (Å²) in [6.07, 6.45) is 0. The summed E-state index contributed by atoms with van der Waals surface area (Å²) in [4.78, 5) is 0.245. The smallest absolute Gasteiger partial charge is 0.207 e. The van der Waals surface area contributed by atoms with Crippen molar-refractivity contribution < 1.29 is 8.42 Å². The van der Waals surface area contributed by atoms with Crippen molar-refractivity contribution >= 4 is 21.6 Å². The van der Waals surface area contributed by atoms with Gasteiger partial charge in [-0.15, -0.1) is 11.6 Å². The van der Waals surface area contributed by atoms with E-state index in [1.807, 2.05) is 43.3 Å². The van der Waals surface area contributed by atoms with E-state index in [0.717, 1.165) is 11.1 Å². The molecule has 0 radical (unpaired) electrons. The number of rotatable bonds is 5. The molecule has 0 amide bonds. The fraction of sp³-hybridized carbons (Fsp3) is 0.250. The van der Waals surface area contributed by atoms with E-state index in [1.54, 1.807) is 25.1 Å². The first-order valence-electron chi connectivity index (χ1n) is 6.59. The summed E-state index contributed by atoms with van der Waals surface area (Å²) in [6.45, 7) is 3.64. The number of hydrogen-bond acceptors (Lipinski definition) is 2. The van der Waals surface area contributed by atoms with Crippen LogP contribution in [0.3, 0.4) is 0 Å². The Bertz CT molecular complexity index is 716. The molecular formula is C16H18ClNO2S. The van der Waals surface area contributed by atoms with Gasteiger partial charge in [0, 0.05) is 5.88 Å². The Labute approximate surface area is 131 Å². The SMILES string of the molecule is Cc1cccc(S(=O)(=O)NC(C)(CCl)c2ccccc2)c1. The Morgan fingerprint density at radius 2 is 1.76 bits per heavy atom. The van der Waals surface area contributed by atoms with Crippen LogP contribution in [-0.2, 0) is 15.6 Å². The van der Waals surface area contributed by atoms with Gasteiger partial charge in [0.2, 0.25) is 10.0 Å². The minimum Gasteiger partial charge on any atom is -0.207 e. The highest BCUT2D eigenvalue weighted by Crippen LogP contribution is 2.25. The highest BCUT2D eigenvalue weighted by molar-refractivity contribution is 7.89. The van der Waals surface area contributed by atoms with Crippen LogP contribution in [0.15, 0.2) is 59.5 Å². The standard InChI is InChI=1S/C16H18ClNO2S/c1-13-7-6-10-15(11-13)21(19,20)18-16(2,12-17)14-8-4-3-5-9-14/h3-11,18H,12H2,1-2H3. The van der Waals surface area contributed by atoms with Gasteiger partial charge in [0.25, 0.3) is 0 Å². The minimum absolute atomic E-state index is 0.141. The molecule has 112 valence electrons. The lowest BCUT2D eigenvalue weighted by Gasteiger charge is -2.29. The summed E-state index contributed by atoms with van der Waals surface area (Å²) < 4.78 is 27.8. The number of halogens is 1. The molecule has 0 spiro atoms. The van der Waals surface area contributed by atoms with Gasteiger partial charge >= 0.3 is 0 Å². The molecule has 3 nitrogen and oxygen atoms in total. The lowest BCUT2D eigenvalue weighted by molar-refractivity contribution is 0.477. The van der Waals surface area contributed by atoms with Crippen LogP contribution in [0.2, 0.25) is 0 Å². The van der Waals surface area contributed by atoms with Crippen molar-refractivity contribution in [2.24, 2.45) is 0 Å². The molecule has 5 heteroatoms. The van der Waals surface area contributed by atoms with Gasteiger partial charge < -0.3 is 0 Å². The molecule has 1 atom stereocenters. The predicted octanol–water partition coefficient (Wildman–Crippen LogP) is 3.43. The van der Waals surface area contributed by atoms with Gasteiger partial charge in [-0.2, -0.15) is 4.72 Å². The first-order valence-corrected chi connectivity index (χ1v) is 8.61. The number of hydrogen-bond donors (Lipinski definition) is 1. The van der Waals surface area contributed by atoms with Crippen LogP contribution in [0.5, 0.6) is 0 Å². The van der Waals surface area contributed by atoms with Gasteiger partial charge in [0.15, 0.2) is 0 Å². The summed E-state index contributed by atoms with van der Waals surface area (Å²) in [5.74, 6) is 0.141. The quantitative estimate of drug-likeness (QED) is 0.857. The molecule has 2 aromatic rings. The van der Waals surface area contributed by atoms with Gasteiger partial charge in [0.1, 0.15) is 0 Å². The molecule has 0 bridgehead atoms. The summed E-state index contributed by atoms with van der Waals surface area (Å²) in [6, 6.07) is 16.1. The molecule has 1 unspecified atom stereocenters. The highest BCUT2D eigenvalue weighted by Gasteiger charge is 2.31. The molecule has 1 N–H and O–H groups in total. The lowest BCUT2D eigenvalue weighted by Crippen LogP contribution is -2.44. The van der Waals surface area contributed by atoms with Crippen molar-refractivity contribution in [3.05, 3.63) is 65.7 Å². The zero-order valence-electron chi connectivity index (χ0n) is 12.0. The molecule has 2 aromatic carbocycles. The Morgan fingerprint density at radius 1 is 1.10 bits per heavy atom. The van der Waals surface area contributed by atoms with Crippen LogP contribution < -0.4 is 4.72 Å². The van der Waals surface area contributed by atoms with E-state index in [1.165, 1.54) is 0 Å². The zero-order chi connectivity index (χ0) is 15.5. The zero-order valence-corrected chi connectivity index (χ0v) is 13.6. The second kappa shape index (κ2) is 6.18. The monoisotopic (exact) mass is 323 g/mol. The second-order valence-electron chi connectivity index (χ2n) is 5.25. The lowest BCUT2D eigenvalue weighted by atomic mass is 9.96. The molecule has 0 heterocycles. The predicted molar refractivity (Wildman–Crippen MR) is 86.0 cm³/mol. The largest absolute Gasteiger partial charge is 0.241 e. The Kier molecular flexibility index (Phi) is 4.71. The summed E-state index contributed by atoms with van der Waals surface area (Å²) >= 11 is 6.04. The van der Waals surface area contributed by atoms with E-state index >= 15 is 0 Å². The molecule has 0 saturated carbocycles. The van der Waals surface area contributed by atoms with Crippen molar-refractivity contribution in [3.63, 3.8) is 0 Å². The summed E-state index contributed by atoms with van der Waals surface area (Å²) in [7, 11) is -3.64. The summed E-state index contributed by atoms with van der Waals surface area (Å²) in [5.41, 5.74) is 0.868. The number of alkyl halides is 1. The van der Waals surface area contributed by atoms with E-state index in [9.17, 15) is 8.42 Å².